The van der Waals surface area contributed by atoms with Crippen molar-refractivity contribution in [1.29, 1.82) is 0 Å². The number of carbonyl (C=O) groups excluding carboxylic acids is 2. The van der Waals surface area contributed by atoms with Gasteiger partial charge in [-0.15, -0.1) is 0 Å². The van der Waals surface area contributed by atoms with E-state index in [-0.39, 0.29) is 18.2 Å². The molecule has 1 heterocycles. The van der Waals surface area contributed by atoms with Gasteiger partial charge >= 0.3 is 0 Å². The van der Waals surface area contributed by atoms with Crippen molar-refractivity contribution in [2.24, 2.45) is 4.99 Å². The largest absolute Gasteiger partial charge is 0.495 e. The Kier molecular flexibility index (Phi) is 6.18. The molecule has 1 saturated heterocycles. The lowest BCUT2D eigenvalue weighted by atomic mass is 10.3. The number of ether oxygens (including phenoxy) is 1. The van der Waals surface area contributed by atoms with Crippen molar-refractivity contribution in [3.05, 3.63) is 53.0 Å². The Morgan fingerprint density at radius 3 is 2.59 bits per heavy atom. The van der Waals surface area contributed by atoms with Gasteiger partial charge in [-0.2, -0.15) is 0 Å². The molecular formula is C19H18BrN3O3S. The molecule has 0 aromatic heterocycles. The number of nitrogens with zero attached hydrogens (tertiary/aromatic N) is 2. The molecule has 0 bridgehead atoms. The van der Waals surface area contributed by atoms with E-state index in [1.807, 2.05) is 24.3 Å². The van der Waals surface area contributed by atoms with Gasteiger partial charge in [-0.1, -0.05) is 39.8 Å². The average molecular weight is 448 g/mol. The predicted molar refractivity (Wildman–Crippen MR) is 113 cm³/mol. The van der Waals surface area contributed by atoms with Crippen molar-refractivity contribution < 1.29 is 14.3 Å². The lowest BCUT2D eigenvalue weighted by Crippen LogP contribution is -2.31. The number of thioether (sulfide) groups is 1. The van der Waals surface area contributed by atoms with Crippen molar-refractivity contribution >= 4 is 56.0 Å². The Hall–Kier alpha value is -2.32. The number of aliphatic imine (C=N–C) groups is 1. The fourth-order valence-electron chi connectivity index (χ4n) is 2.69. The zero-order valence-electron chi connectivity index (χ0n) is 14.8. The summed E-state index contributed by atoms with van der Waals surface area (Å²) in [5.41, 5.74) is 1.32. The van der Waals surface area contributed by atoms with Gasteiger partial charge in [0.25, 0.3) is 0 Å². The van der Waals surface area contributed by atoms with Crippen molar-refractivity contribution in [2.45, 2.75) is 11.7 Å². The molecule has 2 amide bonds. The number of hydrogen-bond acceptors (Lipinski definition) is 5. The summed E-state index contributed by atoms with van der Waals surface area (Å²) >= 11 is 4.60. The Bertz CT molecular complexity index is 886. The molecule has 2 aromatic rings. The van der Waals surface area contributed by atoms with Crippen molar-refractivity contribution in [1.82, 2.24) is 0 Å². The fourth-order valence-corrected chi connectivity index (χ4v) is 3.93. The molecule has 8 heteroatoms. The van der Waals surface area contributed by atoms with Crippen LogP contribution in [-0.4, -0.2) is 36.4 Å². The smallest absolute Gasteiger partial charge is 0.247 e. The molecule has 0 radical (unpaired) electrons. The van der Waals surface area contributed by atoms with Gasteiger partial charge in [0.1, 0.15) is 11.0 Å². The number of imide groups is 1. The molecule has 3 rings (SSSR count). The summed E-state index contributed by atoms with van der Waals surface area (Å²) in [6, 6.07) is 14.5. The molecule has 0 aliphatic carbocycles. The van der Waals surface area contributed by atoms with E-state index >= 15 is 0 Å². The zero-order valence-corrected chi connectivity index (χ0v) is 17.2. The number of rotatable bonds is 4. The summed E-state index contributed by atoms with van der Waals surface area (Å²) < 4.78 is 6.21. The van der Waals surface area contributed by atoms with Crippen LogP contribution in [0.4, 0.5) is 11.4 Å². The number of nitrogens with one attached hydrogen (secondary N) is 1. The molecule has 1 unspecified atom stereocenters. The molecule has 0 spiro atoms. The maximum Gasteiger partial charge on any atom is 0.247 e. The van der Waals surface area contributed by atoms with Gasteiger partial charge < -0.3 is 10.1 Å². The van der Waals surface area contributed by atoms with E-state index in [4.69, 9.17) is 4.74 Å². The molecule has 140 valence electrons. The second kappa shape index (κ2) is 8.58. The maximum absolute atomic E-state index is 12.8. The van der Waals surface area contributed by atoms with E-state index in [0.717, 1.165) is 10.2 Å². The summed E-state index contributed by atoms with van der Waals surface area (Å²) in [5, 5.41) is 3.19. The highest BCUT2D eigenvalue weighted by molar-refractivity contribution is 9.10. The van der Waals surface area contributed by atoms with Crippen LogP contribution in [0.5, 0.6) is 5.75 Å². The number of benzene rings is 2. The monoisotopic (exact) mass is 447 g/mol. The fraction of sp³-hybridized carbons (Fsp3) is 0.211. The van der Waals surface area contributed by atoms with Crippen LogP contribution >= 0.6 is 27.7 Å². The normalized spacial score (nSPS) is 17.4. The van der Waals surface area contributed by atoms with E-state index in [0.29, 0.717) is 16.6 Å². The van der Waals surface area contributed by atoms with Gasteiger partial charge in [0.05, 0.1) is 18.5 Å². The van der Waals surface area contributed by atoms with Crippen LogP contribution in [0, 0.1) is 0 Å². The standard InChI is InChI=1S/C19H18BrN3O3S/c1-21-19(22-14-5-3-4-6-15(14)26-2)27-16-11-17(24)23(18(16)25)13-9-7-12(20)8-10-13/h3-10,16H,11H2,1-2H3,(H,21,22). The molecular weight excluding hydrogens is 430 g/mol. The number of para-hydroxylation sites is 2. The first-order valence-corrected chi connectivity index (χ1v) is 9.86. The van der Waals surface area contributed by atoms with Crippen LogP contribution in [0.2, 0.25) is 0 Å². The molecule has 1 fully saturated rings. The number of carbonyl (C=O) groups is 2. The summed E-state index contributed by atoms with van der Waals surface area (Å²) in [6.45, 7) is 0. The molecule has 1 aliphatic heterocycles. The Labute approximate surface area is 170 Å². The van der Waals surface area contributed by atoms with Crippen LogP contribution < -0.4 is 15.0 Å². The first-order chi connectivity index (χ1) is 13.0. The van der Waals surface area contributed by atoms with E-state index in [9.17, 15) is 9.59 Å². The number of amidine groups is 1. The minimum Gasteiger partial charge on any atom is -0.495 e. The zero-order chi connectivity index (χ0) is 19.4. The first kappa shape index (κ1) is 19.4. The van der Waals surface area contributed by atoms with Gasteiger partial charge in [-0.25, -0.2) is 4.90 Å². The minimum absolute atomic E-state index is 0.131. The third-order valence-electron chi connectivity index (χ3n) is 4.00. The highest BCUT2D eigenvalue weighted by atomic mass is 79.9. The highest BCUT2D eigenvalue weighted by Crippen LogP contribution is 2.32. The number of anilines is 2. The average Bonchev–Trinajstić information content (AvgIpc) is 2.95. The van der Waals surface area contributed by atoms with Crippen molar-refractivity contribution in [3.63, 3.8) is 0 Å². The topological polar surface area (TPSA) is 71.0 Å². The molecule has 1 atom stereocenters. The summed E-state index contributed by atoms with van der Waals surface area (Å²) in [4.78, 5) is 30.7. The van der Waals surface area contributed by atoms with Crippen LogP contribution in [-0.2, 0) is 9.59 Å². The second-order valence-corrected chi connectivity index (χ2v) is 7.82. The van der Waals surface area contributed by atoms with Crippen molar-refractivity contribution in [2.75, 3.05) is 24.4 Å². The third kappa shape index (κ3) is 4.33. The Balaban J connectivity index is 1.74. The number of methoxy groups -OCH3 is 1. The van der Waals surface area contributed by atoms with E-state index in [1.165, 1.54) is 16.7 Å². The van der Waals surface area contributed by atoms with Crippen LogP contribution in [0.15, 0.2) is 58.0 Å². The number of hydrogen-bond donors (Lipinski definition) is 1. The predicted octanol–water partition coefficient (Wildman–Crippen LogP) is 3.92. The highest BCUT2D eigenvalue weighted by Gasteiger charge is 2.40. The Morgan fingerprint density at radius 2 is 1.93 bits per heavy atom. The molecule has 6 nitrogen and oxygen atoms in total. The summed E-state index contributed by atoms with van der Waals surface area (Å²) in [6.07, 6.45) is 0.131. The lowest BCUT2D eigenvalue weighted by Gasteiger charge is -2.16. The minimum atomic E-state index is -0.526. The first-order valence-electron chi connectivity index (χ1n) is 8.19. The van der Waals surface area contributed by atoms with Crippen LogP contribution in [0.3, 0.4) is 0 Å². The summed E-state index contributed by atoms with van der Waals surface area (Å²) in [5.74, 6) is 0.215. The van der Waals surface area contributed by atoms with Gasteiger partial charge in [-0.3, -0.25) is 14.6 Å². The van der Waals surface area contributed by atoms with Crippen molar-refractivity contribution in [3.8, 4) is 5.75 Å². The summed E-state index contributed by atoms with van der Waals surface area (Å²) in [7, 11) is 3.23. The van der Waals surface area contributed by atoms with Gasteiger partial charge in [0, 0.05) is 17.9 Å². The molecule has 1 aliphatic rings. The van der Waals surface area contributed by atoms with E-state index in [2.05, 4.69) is 26.2 Å². The van der Waals surface area contributed by atoms with E-state index in [1.54, 1.807) is 38.4 Å². The van der Waals surface area contributed by atoms with E-state index < -0.39 is 5.25 Å². The number of amides is 2. The van der Waals surface area contributed by atoms with Crippen LogP contribution in [0.1, 0.15) is 6.42 Å². The second-order valence-electron chi connectivity index (χ2n) is 5.71. The van der Waals surface area contributed by atoms with Gasteiger partial charge in [0.2, 0.25) is 11.8 Å². The quantitative estimate of drug-likeness (QED) is 0.436. The maximum atomic E-state index is 12.8. The van der Waals surface area contributed by atoms with Gasteiger partial charge in [0.15, 0.2) is 5.17 Å². The number of halogens is 1. The molecule has 2 aromatic carbocycles. The SMILES string of the molecule is CN=C(Nc1ccccc1OC)SC1CC(=O)N(c2ccc(Br)cc2)C1=O. The molecule has 27 heavy (non-hydrogen) atoms. The van der Waals surface area contributed by atoms with Crippen LogP contribution in [0.25, 0.3) is 0 Å². The molecule has 1 N–H and O–H groups in total. The Morgan fingerprint density at radius 1 is 1.22 bits per heavy atom. The third-order valence-corrected chi connectivity index (χ3v) is 5.69. The van der Waals surface area contributed by atoms with Gasteiger partial charge in [-0.05, 0) is 36.4 Å². The lowest BCUT2D eigenvalue weighted by molar-refractivity contribution is -0.121. The molecule has 0 saturated carbocycles.